The number of pyridine rings is 1. The van der Waals surface area contributed by atoms with Crippen molar-refractivity contribution < 1.29 is 0 Å². The van der Waals surface area contributed by atoms with Crippen LogP contribution in [0.1, 0.15) is 12.0 Å². The Morgan fingerprint density at radius 1 is 1.58 bits per heavy atom. The normalized spacial score (nSPS) is 10.1. The zero-order valence-corrected chi connectivity index (χ0v) is 7.38. The van der Waals surface area contributed by atoms with Crippen molar-refractivity contribution in [2.45, 2.75) is 12.8 Å². The molecule has 0 saturated heterocycles. The maximum absolute atomic E-state index is 5.67. The average Bonchev–Trinajstić information content (AvgIpc) is 2.09. The van der Waals surface area contributed by atoms with Gasteiger partial charge in [0.1, 0.15) is 5.82 Å². The molecule has 0 spiro atoms. The van der Waals surface area contributed by atoms with Crippen molar-refractivity contribution >= 4 is 5.82 Å². The molecule has 3 heteroatoms. The van der Waals surface area contributed by atoms with Crippen molar-refractivity contribution in [3.63, 3.8) is 0 Å². The minimum atomic E-state index is 0.661. The monoisotopic (exact) mass is 165 g/mol. The second-order valence-corrected chi connectivity index (χ2v) is 2.75. The molecule has 0 saturated carbocycles. The third kappa shape index (κ3) is 2.51. The summed E-state index contributed by atoms with van der Waals surface area (Å²) < 4.78 is 0. The van der Waals surface area contributed by atoms with Gasteiger partial charge in [0.05, 0.1) is 0 Å². The fourth-order valence-electron chi connectivity index (χ4n) is 1.12. The first-order chi connectivity index (χ1) is 5.84. The van der Waals surface area contributed by atoms with Gasteiger partial charge in [-0.05, 0) is 38.1 Å². The van der Waals surface area contributed by atoms with Crippen LogP contribution in [0, 0.1) is 0 Å². The van der Waals surface area contributed by atoms with Crippen LogP contribution >= 0.6 is 0 Å². The molecule has 12 heavy (non-hydrogen) atoms. The summed E-state index contributed by atoms with van der Waals surface area (Å²) in [5.41, 5.74) is 6.82. The predicted molar refractivity (Wildman–Crippen MR) is 50.9 cm³/mol. The van der Waals surface area contributed by atoms with Crippen LogP contribution in [0.15, 0.2) is 18.3 Å². The summed E-state index contributed by atoms with van der Waals surface area (Å²) in [4.78, 5) is 4.02. The maximum Gasteiger partial charge on any atom is 0.126 e. The van der Waals surface area contributed by atoms with Crippen molar-refractivity contribution in [2.75, 3.05) is 19.3 Å². The maximum atomic E-state index is 5.67. The Bertz CT molecular complexity index is 235. The summed E-state index contributed by atoms with van der Waals surface area (Å²) in [7, 11) is 1.95. The topological polar surface area (TPSA) is 50.9 Å². The molecule has 3 N–H and O–H groups in total. The van der Waals surface area contributed by atoms with Gasteiger partial charge in [0, 0.05) is 6.20 Å². The number of anilines is 1. The molecule has 1 aromatic heterocycles. The van der Waals surface area contributed by atoms with Crippen LogP contribution in [-0.4, -0.2) is 18.6 Å². The largest absolute Gasteiger partial charge is 0.383 e. The van der Waals surface area contributed by atoms with Gasteiger partial charge in [-0.15, -0.1) is 0 Å². The van der Waals surface area contributed by atoms with E-state index in [1.165, 1.54) is 0 Å². The van der Waals surface area contributed by atoms with E-state index in [1.807, 2.05) is 19.2 Å². The smallest absolute Gasteiger partial charge is 0.126 e. The SMILES string of the molecule is CNCCCc1cccnc1N. The van der Waals surface area contributed by atoms with E-state index in [2.05, 4.69) is 10.3 Å². The molecule has 66 valence electrons. The van der Waals surface area contributed by atoms with Crippen LogP contribution in [-0.2, 0) is 6.42 Å². The fraction of sp³-hybridized carbons (Fsp3) is 0.444. The lowest BCUT2D eigenvalue weighted by Gasteiger charge is -2.02. The number of aryl methyl sites for hydroxylation is 1. The van der Waals surface area contributed by atoms with Crippen molar-refractivity contribution in [1.82, 2.24) is 10.3 Å². The molecule has 0 radical (unpaired) electrons. The van der Waals surface area contributed by atoms with Crippen LogP contribution in [0.5, 0.6) is 0 Å². The molecule has 0 aliphatic heterocycles. The third-order valence-corrected chi connectivity index (χ3v) is 1.80. The van der Waals surface area contributed by atoms with E-state index in [-0.39, 0.29) is 0 Å². The fourth-order valence-corrected chi connectivity index (χ4v) is 1.12. The van der Waals surface area contributed by atoms with Gasteiger partial charge in [-0.1, -0.05) is 6.07 Å². The van der Waals surface area contributed by atoms with Gasteiger partial charge in [-0.25, -0.2) is 4.98 Å². The number of hydrogen-bond acceptors (Lipinski definition) is 3. The van der Waals surface area contributed by atoms with Gasteiger partial charge in [0.25, 0.3) is 0 Å². The number of aromatic nitrogens is 1. The number of nitrogen functional groups attached to an aromatic ring is 1. The second-order valence-electron chi connectivity index (χ2n) is 2.75. The molecule has 0 unspecified atom stereocenters. The zero-order chi connectivity index (χ0) is 8.81. The van der Waals surface area contributed by atoms with Crippen molar-refractivity contribution in [3.8, 4) is 0 Å². The summed E-state index contributed by atoms with van der Waals surface area (Å²) in [5, 5.41) is 3.10. The third-order valence-electron chi connectivity index (χ3n) is 1.80. The lowest BCUT2D eigenvalue weighted by molar-refractivity contribution is 0.724. The molecule has 0 amide bonds. The number of nitrogens with two attached hydrogens (primary N) is 1. The molecule has 1 rings (SSSR count). The molecule has 1 aromatic rings. The lowest BCUT2D eigenvalue weighted by atomic mass is 10.1. The summed E-state index contributed by atoms with van der Waals surface area (Å²) in [6.07, 6.45) is 3.82. The molecule has 0 atom stereocenters. The minimum absolute atomic E-state index is 0.661. The van der Waals surface area contributed by atoms with Crippen molar-refractivity contribution in [1.29, 1.82) is 0 Å². The summed E-state index contributed by atoms with van der Waals surface area (Å²) in [6, 6.07) is 3.95. The Morgan fingerprint density at radius 2 is 2.42 bits per heavy atom. The number of nitrogens with one attached hydrogen (secondary N) is 1. The molecule has 0 aromatic carbocycles. The van der Waals surface area contributed by atoms with E-state index in [0.29, 0.717) is 5.82 Å². The Hall–Kier alpha value is -1.09. The van der Waals surface area contributed by atoms with Crippen molar-refractivity contribution in [2.24, 2.45) is 0 Å². The van der Waals surface area contributed by atoms with Crippen LogP contribution in [0.2, 0.25) is 0 Å². The minimum Gasteiger partial charge on any atom is -0.383 e. The first-order valence-electron chi connectivity index (χ1n) is 4.18. The van der Waals surface area contributed by atoms with Crippen LogP contribution in [0.25, 0.3) is 0 Å². The molecule has 0 aliphatic carbocycles. The summed E-state index contributed by atoms with van der Waals surface area (Å²) in [5.74, 6) is 0.661. The highest BCUT2D eigenvalue weighted by atomic mass is 14.8. The van der Waals surface area contributed by atoms with Gasteiger partial charge in [0.2, 0.25) is 0 Å². The molecule has 0 fully saturated rings. The Kier molecular flexibility index (Phi) is 3.54. The van der Waals surface area contributed by atoms with Gasteiger partial charge in [-0.2, -0.15) is 0 Å². The van der Waals surface area contributed by atoms with E-state index in [4.69, 9.17) is 5.73 Å². The number of rotatable bonds is 4. The van der Waals surface area contributed by atoms with E-state index >= 15 is 0 Å². The quantitative estimate of drug-likeness (QED) is 0.649. The first-order valence-corrected chi connectivity index (χ1v) is 4.18. The van der Waals surface area contributed by atoms with Gasteiger partial charge >= 0.3 is 0 Å². The Balaban J connectivity index is 2.46. The van der Waals surface area contributed by atoms with E-state index in [0.717, 1.165) is 24.9 Å². The average molecular weight is 165 g/mol. The molecule has 0 bridgehead atoms. The van der Waals surface area contributed by atoms with E-state index in [9.17, 15) is 0 Å². The highest BCUT2D eigenvalue weighted by molar-refractivity contribution is 5.38. The molecular formula is C9H15N3. The number of nitrogens with zero attached hydrogens (tertiary/aromatic N) is 1. The van der Waals surface area contributed by atoms with Crippen LogP contribution < -0.4 is 11.1 Å². The molecule has 0 aliphatic rings. The second kappa shape index (κ2) is 4.72. The van der Waals surface area contributed by atoms with Gasteiger partial charge in [0.15, 0.2) is 0 Å². The predicted octanol–water partition coefficient (Wildman–Crippen LogP) is 0.816. The Labute approximate surface area is 73.0 Å². The van der Waals surface area contributed by atoms with E-state index < -0.39 is 0 Å². The van der Waals surface area contributed by atoms with Gasteiger partial charge in [-0.3, -0.25) is 0 Å². The molecular weight excluding hydrogens is 150 g/mol. The zero-order valence-electron chi connectivity index (χ0n) is 7.38. The Morgan fingerprint density at radius 3 is 3.08 bits per heavy atom. The van der Waals surface area contributed by atoms with E-state index in [1.54, 1.807) is 6.20 Å². The molecule has 1 heterocycles. The molecule has 3 nitrogen and oxygen atoms in total. The summed E-state index contributed by atoms with van der Waals surface area (Å²) >= 11 is 0. The highest BCUT2D eigenvalue weighted by Crippen LogP contribution is 2.08. The van der Waals surface area contributed by atoms with Crippen molar-refractivity contribution in [3.05, 3.63) is 23.9 Å². The lowest BCUT2D eigenvalue weighted by Crippen LogP contribution is -2.09. The standard InChI is InChI=1S/C9H15N3/c1-11-6-2-4-8-5-3-7-12-9(8)10/h3,5,7,11H,2,4,6H2,1H3,(H2,10,12). The van der Waals surface area contributed by atoms with Crippen LogP contribution in [0.3, 0.4) is 0 Å². The highest BCUT2D eigenvalue weighted by Gasteiger charge is 1.97. The first kappa shape index (κ1) is 9.00. The number of hydrogen-bond donors (Lipinski definition) is 2. The van der Waals surface area contributed by atoms with Crippen LogP contribution in [0.4, 0.5) is 5.82 Å². The summed E-state index contributed by atoms with van der Waals surface area (Å²) in [6.45, 7) is 1.02. The van der Waals surface area contributed by atoms with Gasteiger partial charge < -0.3 is 11.1 Å².